The number of carbonyl (C=O) groups excluding carboxylic acids is 1. The molecular weight excluding hydrogens is 229 g/mol. The molecular formula is C15H18FNO. The number of rotatable bonds is 4. The van der Waals surface area contributed by atoms with Gasteiger partial charge in [0.05, 0.1) is 5.56 Å². The Morgan fingerprint density at radius 3 is 2.61 bits per heavy atom. The highest BCUT2D eigenvalue weighted by molar-refractivity contribution is 5.95. The monoisotopic (exact) mass is 247 g/mol. The van der Waals surface area contributed by atoms with E-state index < -0.39 is 0 Å². The molecule has 1 aromatic rings. The molecule has 0 heterocycles. The van der Waals surface area contributed by atoms with E-state index in [1.54, 1.807) is 12.1 Å². The van der Waals surface area contributed by atoms with Crippen molar-refractivity contribution in [1.29, 1.82) is 0 Å². The van der Waals surface area contributed by atoms with E-state index in [4.69, 9.17) is 0 Å². The Labute approximate surface area is 107 Å². The summed E-state index contributed by atoms with van der Waals surface area (Å²) in [7, 11) is 0. The summed E-state index contributed by atoms with van der Waals surface area (Å²) in [6.07, 6.45) is 4.58. The molecule has 3 rings (SSSR count). The third-order valence-electron chi connectivity index (χ3n) is 3.76. The number of amides is 1. The Bertz CT molecular complexity index is 477. The van der Waals surface area contributed by atoms with Crippen LogP contribution in [0.2, 0.25) is 0 Å². The molecule has 1 aromatic carbocycles. The van der Waals surface area contributed by atoms with Crippen LogP contribution < -0.4 is 0 Å². The number of benzene rings is 1. The summed E-state index contributed by atoms with van der Waals surface area (Å²) >= 11 is 0. The second kappa shape index (κ2) is 4.38. The van der Waals surface area contributed by atoms with E-state index in [1.165, 1.54) is 18.9 Å². The molecule has 0 radical (unpaired) electrons. The second-order valence-electron chi connectivity index (χ2n) is 5.62. The molecule has 0 bridgehead atoms. The molecule has 0 saturated heterocycles. The maximum atomic E-state index is 13.9. The van der Waals surface area contributed by atoms with Crippen LogP contribution in [0.25, 0.3) is 0 Å². The lowest BCUT2D eigenvalue weighted by molar-refractivity contribution is 0.0730. The van der Waals surface area contributed by atoms with E-state index in [9.17, 15) is 9.18 Å². The fourth-order valence-electron chi connectivity index (χ4n) is 2.31. The van der Waals surface area contributed by atoms with Crippen LogP contribution in [0.1, 0.15) is 41.6 Å². The maximum Gasteiger partial charge on any atom is 0.257 e. The Morgan fingerprint density at radius 1 is 1.33 bits per heavy atom. The smallest absolute Gasteiger partial charge is 0.257 e. The van der Waals surface area contributed by atoms with Crippen molar-refractivity contribution in [2.45, 2.75) is 38.6 Å². The SMILES string of the molecule is Cc1ccc(C(=O)N(CC2CC2)C2CC2)c(F)c1. The normalized spacial score (nSPS) is 18.8. The summed E-state index contributed by atoms with van der Waals surface area (Å²) in [6.45, 7) is 2.65. The molecule has 0 spiro atoms. The number of aryl methyl sites for hydroxylation is 1. The molecule has 0 aromatic heterocycles. The van der Waals surface area contributed by atoms with Crippen LogP contribution in [-0.4, -0.2) is 23.4 Å². The molecule has 0 aliphatic heterocycles. The standard InChI is InChI=1S/C15H18FNO/c1-10-2-7-13(14(16)8-10)15(18)17(12-5-6-12)9-11-3-4-11/h2,7-8,11-12H,3-6,9H2,1H3. The van der Waals surface area contributed by atoms with Crippen molar-refractivity contribution < 1.29 is 9.18 Å². The zero-order valence-electron chi connectivity index (χ0n) is 10.7. The molecule has 2 saturated carbocycles. The minimum absolute atomic E-state index is 0.123. The number of nitrogens with zero attached hydrogens (tertiary/aromatic N) is 1. The van der Waals surface area contributed by atoms with Crippen molar-refractivity contribution >= 4 is 5.91 Å². The van der Waals surface area contributed by atoms with Crippen molar-refractivity contribution in [1.82, 2.24) is 4.90 Å². The van der Waals surface area contributed by atoms with Gasteiger partial charge in [-0.25, -0.2) is 4.39 Å². The fourth-order valence-corrected chi connectivity index (χ4v) is 2.31. The molecule has 0 unspecified atom stereocenters. The van der Waals surface area contributed by atoms with Gasteiger partial charge in [0, 0.05) is 12.6 Å². The fraction of sp³-hybridized carbons (Fsp3) is 0.533. The van der Waals surface area contributed by atoms with E-state index in [2.05, 4.69) is 0 Å². The van der Waals surface area contributed by atoms with Crippen molar-refractivity contribution in [2.75, 3.05) is 6.54 Å². The first-order valence-electron chi connectivity index (χ1n) is 6.72. The van der Waals surface area contributed by atoms with E-state index >= 15 is 0 Å². The van der Waals surface area contributed by atoms with E-state index in [1.807, 2.05) is 11.8 Å². The van der Waals surface area contributed by atoms with Crippen molar-refractivity contribution in [3.05, 3.63) is 35.1 Å². The molecule has 3 heteroatoms. The second-order valence-corrected chi connectivity index (χ2v) is 5.62. The molecule has 0 N–H and O–H groups in total. The van der Waals surface area contributed by atoms with E-state index in [0.717, 1.165) is 24.9 Å². The average Bonchev–Trinajstić information content (AvgIpc) is 3.18. The molecule has 96 valence electrons. The molecule has 2 aliphatic rings. The summed E-state index contributed by atoms with van der Waals surface area (Å²) in [6, 6.07) is 5.22. The van der Waals surface area contributed by atoms with Gasteiger partial charge >= 0.3 is 0 Å². The minimum atomic E-state index is -0.388. The third kappa shape index (κ3) is 2.40. The predicted molar refractivity (Wildman–Crippen MR) is 67.9 cm³/mol. The minimum Gasteiger partial charge on any atom is -0.335 e. The quantitative estimate of drug-likeness (QED) is 0.800. The molecule has 0 atom stereocenters. The molecule has 1 amide bonds. The Kier molecular flexibility index (Phi) is 2.84. The van der Waals surface area contributed by atoms with Crippen LogP contribution in [-0.2, 0) is 0 Å². The molecule has 2 fully saturated rings. The number of hydrogen-bond donors (Lipinski definition) is 0. The van der Waals surface area contributed by atoms with Gasteiger partial charge in [-0.05, 0) is 56.2 Å². The van der Waals surface area contributed by atoms with Gasteiger partial charge in [0.2, 0.25) is 0 Å². The topological polar surface area (TPSA) is 20.3 Å². The summed E-state index contributed by atoms with van der Waals surface area (Å²) in [4.78, 5) is 14.3. The zero-order valence-corrected chi connectivity index (χ0v) is 10.7. The van der Waals surface area contributed by atoms with Gasteiger partial charge in [-0.15, -0.1) is 0 Å². The van der Waals surface area contributed by atoms with Crippen molar-refractivity contribution in [2.24, 2.45) is 5.92 Å². The first-order chi connectivity index (χ1) is 8.65. The lowest BCUT2D eigenvalue weighted by Crippen LogP contribution is -2.35. The van der Waals surface area contributed by atoms with Crippen LogP contribution in [0.4, 0.5) is 4.39 Å². The molecule has 2 nitrogen and oxygen atoms in total. The summed E-state index contributed by atoms with van der Waals surface area (Å²) in [5.74, 6) is 0.145. The Balaban J connectivity index is 1.81. The average molecular weight is 247 g/mol. The number of halogens is 1. The van der Waals surface area contributed by atoms with Crippen LogP contribution in [0.5, 0.6) is 0 Å². The van der Waals surface area contributed by atoms with Crippen LogP contribution in [0.15, 0.2) is 18.2 Å². The Hall–Kier alpha value is -1.38. The molecule has 2 aliphatic carbocycles. The highest BCUT2D eigenvalue weighted by Gasteiger charge is 2.37. The molecule has 18 heavy (non-hydrogen) atoms. The summed E-state index contributed by atoms with van der Waals surface area (Å²) in [5, 5.41) is 0. The van der Waals surface area contributed by atoms with E-state index in [0.29, 0.717) is 12.0 Å². The van der Waals surface area contributed by atoms with E-state index in [-0.39, 0.29) is 17.3 Å². The van der Waals surface area contributed by atoms with Gasteiger partial charge in [-0.1, -0.05) is 6.07 Å². The third-order valence-corrected chi connectivity index (χ3v) is 3.76. The lowest BCUT2D eigenvalue weighted by Gasteiger charge is -2.22. The predicted octanol–water partition coefficient (Wildman–Crippen LogP) is 3.15. The zero-order chi connectivity index (χ0) is 12.7. The van der Waals surface area contributed by atoms with Gasteiger partial charge in [-0.2, -0.15) is 0 Å². The lowest BCUT2D eigenvalue weighted by atomic mass is 10.1. The largest absolute Gasteiger partial charge is 0.335 e. The van der Waals surface area contributed by atoms with Gasteiger partial charge in [0.1, 0.15) is 5.82 Å². The van der Waals surface area contributed by atoms with Gasteiger partial charge in [0.25, 0.3) is 5.91 Å². The summed E-state index contributed by atoms with van der Waals surface area (Å²) < 4.78 is 13.9. The van der Waals surface area contributed by atoms with Crippen LogP contribution >= 0.6 is 0 Å². The number of carbonyl (C=O) groups is 1. The van der Waals surface area contributed by atoms with Crippen LogP contribution in [0, 0.1) is 18.7 Å². The van der Waals surface area contributed by atoms with Crippen molar-refractivity contribution in [3.8, 4) is 0 Å². The van der Waals surface area contributed by atoms with Gasteiger partial charge in [0.15, 0.2) is 0 Å². The first kappa shape index (κ1) is 11.7. The Morgan fingerprint density at radius 2 is 2.06 bits per heavy atom. The maximum absolute atomic E-state index is 13.9. The first-order valence-corrected chi connectivity index (χ1v) is 6.72. The van der Waals surface area contributed by atoms with Crippen LogP contribution in [0.3, 0.4) is 0 Å². The highest BCUT2D eigenvalue weighted by atomic mass is 19.1. The van der Waals surface area contributed by atoms with Crippen molar-refractivity contribution in [3.63, 3.8) is 0 Å². The van der Waals surface area contributed by atoms with Gasteiger partial charge in [-0.3, -0.25) is 4.79 Å². The van der Waals surface area contributed by atoms with Gasteiger partial charge < -0.3 is 4.90 Å². The summed E-state index contributed by atoms with van der Waals surface area (Å²) in [5.41, 5.74) is 1.08. The highest BCUT2D eigenvalue weighted by Crippen LogP contribution is 2.35. The number of hydrogen-bond acceptors (Lipinski definition) is 1.